The van der Waals surface area contributed by atoms with Crippen molar-refractivity contribution < 1.29 is 20.1 Å². The second kappa shape index (κ2) is 10.3. The first kappa shape index (κ1) is 16.1. The van der Waals surface area contributed by atoms with Crippen molar-refractivity contribution in [3.05, 3.63) is 12.2 Å². The molecule has 17 heavy (non-hydrogen) atoms. The minimum absolute atomic E-state index is 0.118. The van der Waals surface area contributed by atoms with Gasteiger partial charge >= 0.3 is 5.97 Å². The Balaban J connectivity index is 3.33. The summed E-state index contributed by atoms with van der Waals surface area (Å²) >= 11 is 0. The first-order valence-electron chi connectivity index (χ1n) is 6.30. The molecule has 4 nitrogen and oxygen atoms in total. The quantitative estimate of drug-likeness (QED) is 0.384. The van der Waals surface area contributed by atoms with E-state index in [0.29, 0.717) is 6.42 Å². The Hall–Kier alpha value is -0.870. The molecule has 0 fully saturated rings. The molecule has 1 atom stereocenters. The molecule has 0 heterocycles. The molecule has 0 amide bonds. The van der Waals surface area contributed by atoms with Crippen molar-refractivity contribution in [1.29, 1.82) is 0 Å². The Morgan fingerprint density at radius 2 is 1.47 bits per heavy atom. The Morgan fingerprint density at radius 3 is 1.94 bits per heavy atom. The number of carboxylic acid groups (broad SMARTS) is 1. The number of hydrogen-bond acceptors (Lipinski definition) is 3. The Kier molecular flexibility index (Phi) is 9.77. The first-order chi connectivity index (χ1) is 8.09. The molecule has 0 aromatic carbocycles. The topological polar surface area (TPSA) is 77.8 Å². The maximum Gasteiger partial charge on any atom is 0.333 e. The van der Waals surface area contributed by atoms with Gasteiger partial charge in [-0.15, -0.1) is 0 Å². The zero-order chi connectivity index (χ0) is 13.1. The lowest BCUT2D eigenvalue weighted by Crippen LogP contribution is -2.16. The zero-order valence-corrected chi connectivity index (χ0v) is 10.4. The molecule has 3 N–H and O–H groups in total. The third-order valence-corrected chi connectivity index (χ3v) is 2.81. The summed E-state index contributed by atoms with van der Waals surface area (Å²) in [5.41, 5.74) is -0.118. The van der Waals surface area contributed by atoms with Gasteiger partial charge in [-0.3, -0.25) is 0 Å². The summed E-state index contributed by atoms with van der Waals surface area (Å²) in [6.45, 7) is 3.60. The van der Waals surface area contributed by atoms with Gasteiger partial charge in [0, 0.05) is 6.61 Å². The van der Waals surface area contributed by atoms with E-state index in [9.17, 15) is 9.90 Å². The van der Waals surface area contributed by atoms with Crippen LogP contribution in [0.3, 0.4) is 0 Å². The zero-order valence-electron chi connectivity index (χ0n) is 10.4. The van der Waals surface area contributed by atoms with E-state index >= 15 is 0 Å². The molecule has 0 radical (unpaired) electrons. The van der Waals surface area contributed by atoms with Crippen LogP contribution in [0, 0.1) is 0 Å². The fraction of sp³-hybridized carbons (Fsp3) is 0.769. The maximum absolute atomic E-state index is 10.5. The van der Waals surface area contributed by atoms with Crippen LogP contribution in [0.15, 0.2) is 12.2 Å². The standard InChI is InChI=1S/C13H24O4/c1-11(13(16)17)12(15)9-7-5-3-2-4-6-8-10-14/h12,14-15H,1-10H2,(H,16,17). The minimum Gasteiger partial charge on any atom is -0.478 e. The van der Waals surface area contributed by atoms with E-state index in [1.165, 1.54) is 0 Å². The molecular weight excluding hydrogens is 220 g/mol. The third-order valence-electron chi connectivity index (χ3n) is 2.81. The highest BCUT2D eigenvalue weighted by Gasteiger charge is 2.14. The summed E-state index contributed by atoms with van der Waals surface area (Å²) < 4.78 is 0. The predicted molar refractivity (Wildman–Crippen MR) is 66.8 cm³/mol. The highest BCUT2D eigenvalue weighted by molar-refractivity contribution is 5.86. The Morgan fingerprint density at radius 1 is 1.00 bits per heavy atom. The highest BCUT2D eigenvalue weighted by atomic mass is 16.4. The van der Waals surface area contributed by atoms with E-state index in [1.54, 1.807) is 0 Å². The monoisotopic (exact) mass is 244 g/mol. The highest BCUT2D eigenvalue weighted by Crippen LogP contribution is 2.12. The van der Waals surface area contributed by atoms with Gasteiger partial charge in [0.25, 0.3) is 0 Å². The Labute approximate surface area is 103 Å². The number of hydrogen-bond donors (Lipinski definition) is 3. The van der Waals surface area contributed by atoms with Gasteiger partial charge in [0.2, 0.25) is 0 Å². The molecule has 0 aliphatic rings. The van der Waals surface area contributed by atoms with E-state index in [1.807, 2.05) is 0 Å². The van der Waals surface area contributed by atoms with Gasteiger partial charge < -0.3 is 15.3 Å². The van der Waals surface area contributed by atoms with Crippen molar-refractivity contribution in [2.45, 2.75) is 57.5 Å². The molecule has 0 bridgehead atoms. The van der Waals surface area contributed by atoms with Crippen molar-refractivity contribution in [2.75, 3.05) is 6.61 Å². The van der Waals surface area contributed by atoms with E-state index in [0.717, 1.165) is 44.9 Å². The van der Waals surface area contributed by atoms with Crippen LogP contribution in [0.1, 0.15) is 51.4 Å². The lowest BCUT2D eigenvalue weighted by Gasteiger charge is -2.09. The molecule has 0 saturated carbocycles. The number of rotatable bonds is 11. The number of aliphatic hydroxyl groups excluding tert-OH is 2. The van der Waals surface area contributed by atoms with Gasteiger partial charge in [-0.1, -0.05) is 45.1 Å². The average Bonchev–Trinajstić information content (AvgIpc) is 2.31. The second-order valence-corrected chi connectivity index (χ2v) is 4.33. The van der Waals surface area contributed by atoms with Crippen LogP contribution in [0.4, 0.5) is 0 Å². The van der Waals surface area contributed by atoms with Crippen molar-refractivity contribution >= 4 is 5.97 Å². The van der Waals surface area contributed by atoms with E-state index in [4.69, 9.17) is 10.2 Å². The van der Waals surface area contributed by atoms with Crippen LogP contribution in [0.2, 0.25) is 0 Å². The number of carboxylic acids is 1. The van der Waals surface area contributed by atoms with Gasteiger partial charge in [0.1, 0.15) is 0 Å². The lowest BCUT2D eigenvalue weighted by molar-refractivity contribution is -0.133. The summed E-state index contributed by atoms with van der Waals surface area (Å²) in [5, 5.41) is 26.6. The molecule has 0 aliphatic heterocycles. The van der Waals surface area contributed by atoms with Gasteiger partial charge in [0.15, 0.2) is 0 Å². The van der Waals surface area contributed by atoms with Crippen LogP contribution in [-0.2, 0) is 4.79 Å². The number of unbranched alkanes of at least 4 members (excludes halogenated alkanes) is 6. The summed E-state index contributed by atoms with van der Waals surface area (Å²) in [5.74, 6) is -1.12. The van der Waals surface area contributed by atoms with E-state index in [2.05, 4.69) is 6.58 Å². The third kappa shape index (κ3) is 8.89. The Bertz CT molecular complexity index is 225. The van der Waals surface area contributed by atoms with E-state index < -0.39 is 12.1 Å². The van der Waals surface area contributed by atoms with Crippen LogP contribution in [-0.4, -0.2) is 34.0 Å². The molecule has 0 aliphatic carbocycles. The van der Waals surface area contributed by atoms with Crippen molar-refractivity contribution in [2.24, 2.45) is 0 Å². The SMILES string of the molecule is C=C(C(=O)O)C(O)CCCCCCCCCO. The van der Waals surface area contributed by atoms with Crippen molar-refractivity contribution in [3.8, 4) is 0 Å². The van der Waals surface area contributed by atoms with Crippen molar-refractivity contribution in [1.82, 2.24) is 0 Å². The summed E-state index contributed by atoms with van der Waals surface area (Å²) in [4.78, 5) is 10.5. The molecule has 100 valence electrons. The van der Waals surface area contributed by atoms with Gasteiger partial charge in [-0.2, -0.15) is 0 Å². The normalized spacial score (nSPS) is 12.4. The van der Waals surface area contributed by atoms with Crippen molar-refractivity contribution in [3.63, 3.8) is 0 Å². The molecule has 1 unspecified atom stereocenters. The average molecular weight is 244 g/mol. The largest absolute Gasteiger partial charge is 0.478 e. The maximum atomic E-state index is 10.5. The van der Waals surface area contributed by atoms with Gasteiger partial charge in [-0.25, -0.2) is 4.79 Å². The van der Waals surface area contributed by atoms with Crippen LogP contribution < -0.4 is 0 Å². The number of carbonyl (C=O) groups is 1. The summed E-state index contributed by atoms with van der Waals surface area (Å²) in [6.07, 6.45) is 6.69. The first-order valence-corrected chi connectivity index (χ1v) is 6.30. The molecule has 4 heteroatoms. The molecule has 0 spiro atoms. The van der Waals surface area contributed by atoms with E-state index in [-0.39, 0.29) is 12.2 Å². The second-order valence-electron chi connectivity index (χ2n) is 4.33. The fourth-order valence-corrected chi connectivity index (χ4v) is 1.65. The summed E-state index contributed by atoms with van der Waals surface area (Å²) in [6, 6.07) is 0. The molecule has 0 rings (SSSR count). The smallest absolute Gasteiger partial charge is 0.333 e. The van der Waals surface area contributed by atoms with Gasteiger partial charge in [0.05, 0.1) is 11.7 Å². The number of aliphatic hydroxyl groups is 2. The summed E-state index contributed by atoms with van der Waals surface area (Å²) in [7, 11) is 0. The predicted octanol–water partition coefficient (Wildman–Crippen LogP) is 2.10. The minimum atomic E-state index is -1.12. The van der Waals surface area contributed by atoms with Crippen LogP contribution in [0.5, 0.6) is 0 Å². The van der Waals surface area contributed by atoms with Crippen LogP contribution in [0.25, 0.3) is 0 Å². The molecule has 0 aromatic heterocycles. The molecule has 0 aromatic rings. The fourth-order valence-electron chi connectivity index (χ4n) is 1.65. The lowest BCUT2D eigenvalue weighted by atomic mass is 10.0. The number of aliphatic carboxylic acids is 1. The van der Waals surface area contributed by atoms with Crippen LogP contribution >= 0.6 is 0 Å². The molecule has 0 saturated heterocycles. The molecular formula is C13H24O4. The van der Waals surface area contributed by atoms with Gasteiger partial charge in [-0.05, 0) is 12.8 Å².